The van der Waals surface area contributed by atoms with Crippen LogP contribution in [0.1, 0.15) is 21.5 Å². The second-order valence-electron chi connectivity index (χ2n) is 5.55. The highest BCUT2D eigenvalue weighted by Gasteiger charge is 2.11. The Labute approximate surface area is 140 Å². The molecular weight excluding hydrogens is 302 g/mol. The number of hydrogen-bond acceptors (Lipinski definition) is 4. The summed E-state index contributed by atoms with van der Waals surface area (Å²) in [5, 5.41) is 4.68. The molecule has 24 heavy (non-hydrogen) atoms. The van der Waals surface area contributed by atoms with E-state index in [9.17, 15) is 4.79 Å². The van der Waals surface area contributed by atoms with Gasteiger partial charge in [0, 0.05) is 18.3 Å². The first-order chi connectivity index (χ1) is 11.6. The number of hydrogen-bond donors (Lipinski definition) is 1. The average molecular weight is 321 g/mol. The molecule has 2 N–H and O–H groups in total. The van der Waals surface area contributed by atoms with Crippen molar-refractivity contribution in [1.29, 1.82) is 0 Å². The summed E-state index contributed by atoms with van der Waals surface area (Å²) >= 11 is 0. The Morgan fingerprint density at radius 1 is 1.21 bits per heavy atom. The predicted octanol–water partition coefficient (Wildman–Crippen LogP) is 3.09. The zero-order valence-corrected chi connectivity index (χ0v) is 13.7. The molecule has 2 aromatic carbocycles. The topological polar surface area (TPSA) is 70.1 Å². The molecule has 122 valence electrons. The molecule has 0 amide bonds. The molecule has 5 nitrogen and oxygen atoms in total. The van der Waals surface area contributed by atoms with Crippen LogP contribution in [0.25, 0.3) is 16.9 Å². The van der Waals surface area contributed by atoms with E-state index in [1.165, 1.54) is 7.11 Å². The molecule has 0 aliphatic heterocycles. The summed E-state index contributed by atoms with van der Waals surface area (Å²) in [5.41, 5.74) is 11.1. The van der Waals surface area contributed by atoms with Gasteiger partial charge in [-0.05, 0) is 42.3 Å². The number of esters is 1. The molecule has 1 aromatic heterocycles. The van der Waals surface area contributed by atoms with Crippen molar-refractivity contribution in [2.45, 2.75) is 13.5 Å². The van der Waals surface area contributed by atoms with Gasteiger partial charge in [-0.3, -0.25) is 0 Å². The second kappa shape index (κ2) is 6.68. The Bertz CT molecular complexity index is 884. The Morgan fingerprint density at radius 2 is 2.00 bits per heavy atom. The van der Waals surface area contributed by atoms with E-state index in [2.05, 4.69) is 5.10 Å². The number of aryl methyl sites for hydroxylation is 1. The van der Waals surface area contributed by atoms with E-state index >= 15 is 0 Å². The number of ether oxygens (including phenoxy) is 1. The summed E-state index contributed by atoms with van der Waals surface area (Å²) in [7, 11) is 1.37. The Kier molecular flexibility index (Phi) is 4.44. The van der Waals surface area contributed by atoms with Gasteiger partial charge in [-0.15, -0.1) is 0 Å². The lowest BCUT2D eigenvalue weighted by atomic mass is 10.1. The SMILES string of the molecule is COC(=O)c1cccc(-n2cc(C)c(-c3cccc(CN)c3)n2)c1. The van der Waals surface area contributed by atoms with E-state index in [0.29, 0.717) is 12.1 Å². The standard InChI is InChI=1S/C19H19N3O2/c1-13-12-22(17-8-4-7-16(10-17)19(23)24-2)21-18(13)15-6-3-5-14(9-15)11-20/h3-10,12H,11,20H2,1-2H3. The first-order valence-electron chi connectivity index (χ1n) is 7.67. The minimum atomic E-state index is -0.364. The second-order valence-corrected chi connectivity index (χ2v) is 5.55. The predicted molar refractivity (Wildman–Crippen MR) is 93.0 cm³/mol. The molecule has 0 spiro atoms. The first-order valence-corrected chi connectivity index (χ1v) is 7.67. The largest absolute Gasteiger partial charge is 0.465 e. The molecule has 0 bridgehead atoms. The highest BCUT2D eigenvalue weighted by molar-refractivity contribution is 5.89. The van der Waals surface area contributed by atoms with Gasteiger partial charge in [0.25, 0.3) is 0 Å². The lowest BCUT2D eigenvalue weighted by Crippen LogP contribution is -2.03. The van der Waals surface area contributed by atoms with Crippen LogP contribution in [0.5, 0.6) is 0 Å². The van der Waals surface area contributed by atoms with Crippen molar-refractivity contribution in [3.63, 3.8) is 0 Å². The maximum absolute atomic E-state index is 11.7. The van der Waals surface area contributed by atoms with Crippen LogP contribution in [-0.4, -0.2) is 22.9 Å². The third kappa shape index (κ3) is 3.07. The summed E-state index contributed by atoms with van der Waals surface area (Å²) in [5.74, 6) is -0.364. The van der Waals surface area contributed by atoms with E-state index in [1.807, 2.05) is 49.5 Å². The Balaban J connectivity index is 2.01. The number of benzene rings is 2. The van der Waals surface area contributed by atoms with Gasteiger partial charge in [0.05, 0.1) is 24.1 Å². The molecule has 5 heteroatoms. The molecule has 0 unspecified atom stereocenters. The fourth-order valence-electron chi connectivity index (χ4n) is 2.62. The van der Waals surface area contributed by atoms with Crippen molar-refractivity contribution >= 4 is 5.97 Å². The zero-order valence-electron chi connectivity index (χ0n) is 13.7. The number of carbonyl (C=O) groups is 1. The van der Waals surface area contributed by atoms with Gasteiger partial charge in [0.1, 0.15) is 0 Å². The number of rotatable bonds is 4. The van der Waals surface area contributed by atoms with Crippen LogP contribution < -0.4 is 5.73 Å². The highest BCUT2D eigenvalue weighted by atomic mass is 16.5. The van der Waals surface area contributed by atoms with Gasteiger partial charge in [-0.25, -0.2) is 9.48 Å². The van der Waals surface area contributed by atoms with Gasteiger partial charge in [-0.2, -0.15) is 5.10 Å². The molecule has 0 fully saturated rings. The van der Waals surface area contributed by atoms with Crippen LogP contribution >= 0.6 is 0 Å². The van der Waals surface area contributed by atoms with E-state index in [1.54, 1.807) is 16.8 Å². The van der Waals surface area contributed by atoms with Crippen LogP contribution in [0.3, 0.4) is 0 Å². The molecule has 0 radical (unpaired) electrons. The molecule has 0 saturated heterocycles. The minimum Gasteiger partial charge on any atom is -0.465 e. The lowest BCUT2D eigenvalue weighted by molar-refractivity contribution is 0.0600. The average Bonchev–Trinajstić information content (AvgIpc) is 3.03. The molecule has 3 aromatic rings. The van der Waals surface area contributed by atoms with Crippen molar-refractivity contribution in [1.82, 2.24) is 9.78 Å². The summed E-state index contributed by atoms with van der Waals surface area (Å²) in [4.78, 5) is 11.7. The van der Waals surface area contributed by atoms with Gasteiger partial charge in [0.2, 0.25) is 0 Å². The Hall–Kier alpha value is -2.92. The van der Waals surface area contributed by atoms with Crippen molar-refractivity contribution < 1.29 is 9.53 Å². The molecule has 0 atom stereocenters. The molecule has 3 rings (SSSR count). The maximum atomic E-state index is 11.7. The quantitative estimate of drug-likeness (QED) is 0.750. The lowest BCUT2D eigenvalue weighted by Gasteiger charge is -2.04. The Morgan fingerprint density at radius 3 is 2.75 bits per heavy atom. The van der Waals surface area contributed by atoms with E-state index in [4.69, 9.17) is 10.5 Å². The van der Waals surface area contributed by atoms with E-state index in [0.717, 1.165) is 28.1 Å². The number of aromatic nitrogens is 2. The third-order valence-electron chi connectivity index (χ3n) is 3.87. The van der Waals surface area contributed by atoms with Crippen LogP contribution in [-0.2, 0) is 11.3 Å². The van der Waals surface area contributed by atoms with Gasteiger partial charge in [-0.1, -0.05) is 24.3 Å². The van der Waals surface area contributed by atoms with Gasteiger partial charge < -0.3 is 10.5 Å². The fraction of sp³-hybridized carbons (Fsp3) is 0.158. The van der Waals surface area contributed by atoms with E-state index < -0.39 is 0 Å². The number of nitrogens with zero attached hydrogens (tertiary/aromatic N) is 2. The van der Waals surface area contributed by atoms with Crippen molar-refractivity contribution in [2.75, 3.05) is 7.11 Å². The number of carbonyl (C=O) groups excluding carboxylic acids is 1. The smallest absolute Gasteiger partial charge is 0.337 e. The van der Waals surface area contributed by atoms with Crippen molar-refractivity contribution in [3.05, 3.63) is 71.4 Å². The summed E-state index contributed by atoms with van der Waals surface area (Å²) < 4.78 is 6.54. The fourth-order valence-corrected chi connectivity index (χ4v) is 2.62. The molecular formula is C19H19N3O2. The monoisotopic (exact) mass is 321 g/mol. The summed E-state index contributed by atoms with van der Waals surface area (Å²) in [6.07, 6.45) is 1.95. The minimum absolute atomic E-state index is 0.364. The van der Waals surface area contributed by atoms with Crippen LogP contribution in [0.2, 0.25) is 0 Å². The highest BCUT2D eigenvalue weighted by Crippen LogP contribution is 2.24. The molecule has 0 saturated carbocycles. The van der Waals surface area contributed by atoms with Crippen LogP contribution in [0, 0.1) is 6.92 Å². The maximum Gasteiger partial charge on any atom is 0.337 e. The van der Waals surface area contributed by atoms with Crippen molar-refractivity contribution in [3.8, 4) is 16.9 Å². The van der Waals surface area contributed by atoms with Gasteiger partial charge >= 0.3 is 5.97 Å². The normalized spacial score (nSPS) is 10.6. The zero-order chi connectivity index (χ0) is 17.1. The molecule has 1 heterocycles. The number of nitrogens with two attached hydrogens (primary N) is 1. The van der Waals surface area contributed by atoms with Gasteiger partial charge in [0.15, 0.2) is 0 Å². The summed E-state index contributed by atoms with van der Waals surface area (Å²) in [6, 6.07) is 15.2. The molecule has 0 aliphatic rings. The number of methoxy groups -OCH3 is 1. The van der Waals surface area contributed by atoms with E-state index in [-0.39, 0.29) is 5.97 Å². The molecule has 0 aliphatic carbocycles. The van der Waals surface area contributed by atoms with Crippen LogP contribution in [0.4, 0.5) is 0 Å². The first kappa shape index (κ1) is 16.0. The van der Waals surface area contributed by atoms with Crippen LogP contribution in [0.15, 0.2) is 54.7 Å². The summed E-state index contributed by atoms with van der Waals surface area (Å²) in [6.45, 7) is 2.51. The van der Waals surface area contributed by atoms with Crippen molar-refractivity contribution in [2.24, 2.45) is 5.73 Å². The third-order valence-corrected chi connectivity index (χ3v) is 3.87.